The molecule has 0 fully saturated rings. The van der Waals surface area contributed by atoms with Gasteiger partial charge >= 0.3 is 11.9 Å². The Hall–Kier alpha value is -1.20. The van der Waals surface area contributed by atoms with Crippen LogP contribution in [0.4, 0.5) is 0 Å². The Balaban J connectivity index is 2.69. The second kappa shape index (κ2) is 9.68. The maximum atomic E-state index is 12.1. The van der Waals surface area contributed by atoms with E-state index >= 15 is 0 Å². The van der Waals surface area contributed by atoms with Gasteiger partial charge in [-0.3, -0.25) is 9.59 Å². The second-order valence-electron chi connectivity index (χ2n) is 4.11. The molecule has 0 amide bonds. The smallest absolute Gasteiger partial charge is 0.323 e. The summed E-state index contributed by atoms with van der Waals surface area (Å²) in [6.45, 7) is 4.20. The molecule has 0 N–H and O–H groups in total. The third-order valence-electron chi connectivity index (χ3n) is 2.55. The molecule has 1 atom stereocenters. The minimum atomic E-state index is -0.488. The molecular formula is C15H19ClO4S. The van der Waals surface area contributed by atoms with E-state index in [-0.39, 0.29) is 18.4 Å². The minimum Gasteiger partial charge on any atom is -0.466 e. The summed E-state index contributed by atoms with van der Waals surface area (Å²) in [6, 6.07) is 7.09. The number of hydrogen-bond acceptors (Lipinski definition) is 5. The van der Waals surface area contributed by atoms with Gasteiger partial charge in [0.25, 0.3) is 0 Å². The maximum absolute atomic E-state index is 12.1. The molecule has 0 aromatic heterocycles. The van der Waals surface area contributed by atoms with Crippen LogP contribution in [0.5, 0.6) is 0 Å². The van der Waals surface area contributed by atoms with Crippen LogP contribution in [0.1, 0.15) is 31.1 Å². The van der Waals surface area contributed by atoms with Gasteiger partial charge in [-0.25, -0.2) is 0 Å². The van der Waals surface area contributed by atoms with Crippen molar-refractivity contribution in [1.29, 1.82) is 0 Å². The fourth-order valence-corrected chi connectivity index (χ4v) is 2.94. The van der Waals surface area contributed by atoms with Crippen LogP contribution < -0.4 is 0 Å². The third-order valence-corrected chi connectivity index (χ3v) is 4.02. The van der Waals surface area contributed by atoms with E-state index < -0.39 is 5.25 Å². The van der Waals surface area contributed by atoms with Crippen LogP contribution in [-0.2, 0) is 19.1 Å². The summed E-state index contributed by atoms with van der Waals surface area (Å²) in [7, 11) is 0. The molecule has 0 bridgehead atoms. The van der Waals surface area contributed by atoms with E-state index in [0.29, 0.717) is 24.0 Å². The molecule has 6 heteroatoms. The lowest BCUT2D eigenvalue weighted by atomic mass is 10.1. The highest BCUT2D eigenvalue weighted by Crippen LogP contribution is 2.32. The van der Waals surface area contributed by atoms with Gasteiger partial charge in [0.15, 0.2) is 0 Å². The van der Waals surface area contributed by atoms with E-state index in [4.69, 9.17) is 21.1 Å². The lowest BCUT2D eigenvalue weighted by Crippen LogP contribution is -2.14. The Morgan fingerprint density at radius 2 is 1.95 bits per heavy atom. The summed E-state index contributed by atoms with van der Waals surface area (Å²) in [5, 5.41) is 0.0749. The van der Waals surface area contributed by atoms with Crippen LogP contribution >= 0.6 is 23.4 Å². The van der Waals surface area contributed by atoms with E-state index in [2.05, 4.69) is 0 Å². The Bertz CT molecular complexity index is 478. The number of carbonyl (C=O) groups excluding carboxylic acids is 2. The van der Waals surface area contributed by atoms with Gasteiger partial charge in [0, 0.05) is 10.8 Å². The molecule has 0 saturated carbocycles. The van der Waals surface area contributed by atoms with E-state index in [0.717, 1.165) is 5.56 Å². The minimum absolute atomic E-state index is 0.259. The summed E-state index contributed by atoms with van der Waals surface area (Å²) < 4.78 is 9.95. The van der Waals surface area contributed by atoms with Gasteiger partial charge in [0.05, 0.1) is 19.6 Å². The molecule has 116 valence electrons. The Kier molecular flexibility index (Phi) is 8.23. The van der Waals surface area contributed by atoms with Crippen molar-refractivity contribution in [3.8, 4) is 0 Å². The molecule has 0 unspecified atom stereocenters. The SMILES string of the molecule is CCOC(=O)CCS[C@H](C(=O)OCC)c1cccc(Cl)c1. The zero-order valence-corrected chi connectivity index (χ0v) is 13.7. The molecule has 0 saturated heterocycles. The first-order valence-corrected chi connectivity index (χ1v) is 8.20. The van der Waals surface area contributed by atoms with Crippen LogP contribution in [0.2, 0.25) is 5.02 Å². The number of halogens is 1. The first-order chi connectivity index (χ1) is 10.1. The van der Waals surface area contributed by atoms with Crippen molar-refractivity contribution < 1.29 is 19.1 Å². The molecule has 0 aliphatic rings. The Morgan fingerprint density at radius 3 is 2.57 bits per heavy atom. The summed E-state index contributed by atoms with van der Waals surface area (Å²) in [5.74, 6) is -0.109. The van der Waals surface area contributed by atoms with Gasteiger partial charge in [0.2, 0.25) is 0 Å². The molecule has 0 aliphatic heterocycles. The molecule has 0 spiro atoms. The average molecular weight is 331 g/mol. The number of thioether (sulfide) groups is 1. The van der Waals surface area contributed by atoms with Crippen molar-refractivity contribution in [2.24, 2.45) is 0 Å². The Morgan fingerprint density at radius 1 is 1.24 bits per heavy atom. The van der Waals surface area contributed by atoms with Crippen molar-refractivity contribution >= 4 is 35.3 Å². The van der Waals surface area contributed by atoms with Crippen molar-refractivity contribution in [1.82, 2.24) is 0 Å². The zero-order chi connectivity index (χ0) is 15.7. The van der Waals surface area contributed by atoms with Crippen LogP contribution in [0.25, 0.3) is 0 Å². The second-order valence-corrected chi connectivity index (χ2v) is 5.76. The molecule has 0 heterocycles. The van der Waals surface area contributed by atoms with Crippen molar-refractivity contribution in [3.05, 3.63) is 34.9 Å². The molecule has 0 aliphatic carbocycles. The number of esters is 2. The zero-order valence-electron chi connectivity index (χ0n) is 12.1. The number of ether oxygens (including phenoxy) is 2. The van der Waals surface area contributed by atoms with Crippen molar-refractivity contribution in [2.75, 3.05) is 19.0 Å². The van der Waals surface area contributed by atoms with Gasteiger partial charge in [-0.15, -0.1) is 11.8 Å². The highest BCUT2D eigenvalue weighted by atomic mass is 35.5. The summed E-state index contributed by atoms with van der Waals surface area (Å²) in [4.78, 5) is 23.4. The molecule has 4 nitrogen and oxygen atoms in total. The molecular weight excluding hydrogens is 312 g/mol. The topological polar surface area (TPSA) is 52.6 Å². The highest BCUT2D eigenvalue weighted by Gasteiger charge is 2.23. The van der Waals surface area contributed by atoms with Crippen molar-refractivity contribution in [2.45, 2.75) is 25.5 Å². The van der Waals surface area contributed by atoms with Gasteiger partial charge < -0.3 is 9.47 Å². The van der Waals surface area contributed by atoms with Crippen molar-refractivity contribution in [3.63, 3.8) is 0 Å². The fraction of sp³-hybridized carbons (Fsp3) is 0.467. The monoisotopic (exact) mass is 330 g/mol. The lowest BCUT2D eigenvalue weighted by molar-refractivity contribution is -0.143. The first-order valence-electron chi connectivity index (χ1n) is 6.77. The molecule has 1 rings (SSSR count). The van der Waals surface area contributed by atoms with Crippen LogP contribution in [-0.4, -0.2) is 30.9 Å². The number of carbonyl (C=O) groups is 2. The normalized spacial score (nSPS) is 11.8. The molecule has 0 radical (unpaired) electrons. The number of hydrogen-bond donors (Lipinski definition) is 0. The van der Waals surface area contributed by atoms with Crippen LogP contribution in [0.3, 0.4) is 0 Å². The Labute approximate surface area is 134 Å². The van der Waals surface area contributed by atoms with Crippen LogP contribution in [0, 0.1) is 0 Å². The first kappa shape index (κ1) is 17.9. The number of benzene rings is 1. The van der Waals surface area contributed by atoms with E-state index in [9.17, 15) is 9.59 Å². The highest BCUT2D eigenvalue weighted by molar-refractivity contribution is 8.00. The van der Waals surface area contributed by atoms with Gasteiger partial charge in [-0.2, -0.15) is 0 Å². The summed E-state index contributed by atoms with van der Waals surface area (Å²) in [6.07, 6.45) is 0.259. The average Bonchev–Trinajstić information content (AvgIpc) is 2.44. The van der Waals surface area contributed by atoms with Crippen LogP contribution in [0.15, 0.2) is 24.3 Å². The quantitative estimate of drug-likeness (QED) is 0.681. The van der Waals surface area contributed by atoms with Gasteiger partial charge in [-0.1, -0.05) is 23.7 Å². The van der Waals surface area contributed by atoms with E-state index in [1.807, 2.05) is 6.07 Å². The fourth-order valence-electron chi connectivity index (χ4n) is 1.68. The standard InChI is InChI=1S/C15H19ClO4S/c1-3-19-13(17)8-9-21-14(15(18)20-4-2)11-6-5-7-12(16)10-11/h5-7,10,14H,3-4,8-9H2,1-2H3/t14-/m0/s1. The van der Waals surface area contributed by atoms with E-state index in [1.165, 1.54) is 11.8 Å². The number of rotatable bonds is 8. The predicted octanol–water partition coefficient (Wildman–Crippen LogP) is 3.63. The lowest BCUT2D eigenvalue weighted by Gasteiger charge is -2.15. The summed E-state index contributed by atoms with van der Waals surface area (Å²) in [5.41, 5.74) is 0.773. The third kappa shape index (κ3) is 6.40. The summed E-state index contributed by atoms with van der Waals surface area (Å²) >= 11 is 7.31. The molecule has 21 heavy (non-hydrogen) atoms. The maximum Gasteiger partial charge on any atom is 0.323 e. The largest absolute Gasteiger partial charge is 0.466 e. The van der Waals surface area contributed by atoms with Gasteiger partial charge in [-0.05, 0) is 31.5 Å². The molecule has 1 aromatic rings. The predicted molar refractivity (Wildman–Crippen MR) is 84.5 cm³/mol. The van der Waals surface area contributed by atoms with E-state index in [1.54, 1.807) is 32.0 Å². The molecule has 1 aromatic carbocycles. The van der Waals surface area contributed by atoms with Gasteiger partial charge in [0.1, 0.15) is 5.25 Å².